The zero-order valence-electron chi connectivity index (χ0n) is 16.2. The average Bonchev–Trinajstić information content (AvgIpc) is 2.99. The number of piperazine rings is 1. The summed E-state index contributed by atoms with van der Waals surface area (Å²) in [5.41, 5.74) is 6.01. The topological polar surface area (TPSA) is 52.2 Å². The van der Waals surface area contributed by atoms with E-state index >= 15 is 0 Å². The molecule has 0 atom stereocenters. The first-order valence-electron chi connectivity index (χ1n) is 9.65. The lowest BCUT2D eigenvalue weighted by Gasteiger charge is -2.35. The Morgan fingerprint density at radius 1 is 1.08 bits per heavy atom. The second kappa shape index (κ2) is 8.49. The maximum absolute atomic E-state index is 12.5. The molecule has 5 nitrogen and oxygen atoms in total. The van der Waals surface area contributed by atoms with Crippen molar-refractivity contribution < 1.29 is 4.79 Å². The van der Waals surface area contributed by atoms with Gasteiger partial charge in [-0.25, -0.2) is 0 Å². The molecule has 5 heteroatoms. The number of rotatable bonds is 6. The third-order valence-corrected chi connectivity index (χ3v) is 5.43. The minimum absolute atomic E-state index is 0.261. The molecule has 0 saturated carbocycles. The molecule has 0 radical (unpaired) electrons. The molecule has 2 heterocycles. The summed E-state index contributed by atoms with van der Waals surface area (Å²) >= 11 is 0. The van der Waals surface area contributed by atoms with E-state index in [1.54, 1.807) is 0 Å². The molecule has 1 aromatic carbocycles. The van der Waals surface area contributed by atoms with Crippen LogP contribution in [0.25, 0.3) is 0 Å². The van der Waals surface area contributed by atoms with Crippen LogP contribution in [0, 0.1) is 13.8 Å². The van der Waals surface area contributed by atoms with Gasteiger partial charge in [-0.1, -0.05) is 31.2 Å². The van der Waals surface area contributed by atoms with Crippen LogP contribution < -0.4 is 0 Å². The molecule has 1 aromatic heterocycles. The number of carbonyl (C=O) groups excluding carboxylic acids is 1. The van der Waals surface area contributed by atoms with Gasteiger partial charge in [-0.3, -0.25) is 14.8 Å². The zero-order valence-corrected chi connectivity index (χ0v) is 16.2. The van der Waals surface area contributed by atoms with Crippen molar-refractivity contribution in [2.75, 3.05) is 26.2 Å². The number of hydrogen-bond acceptors (Lipinski definition) is 3. The van der Waals surface area contributed by atoms with Gasteiger partial charge >= 0.3 is 0 Å². The Kier molecular flexibility index (Phi) is 6.09. The van der Waals surface area contributed by atoms with Crippen LogP contribution in [0.5, 0.6) is 0 Å². The van der Waals surface area contributed by atoms with Gasteiger partial charge in [-0.2, -0.15) is 5.10 Å². The first-order chi connectivity index (χ1) is 12.6. The summed E-state index contributed by atoms with van der Waals surface area (Å²) < 4.78 is 0. The highest BCUT2D eigenvalue weighted by atomic mass is 16.2. The average molecular weight is 354 g/mol. The summed E-state index contributed by atoms with van der Waals surface area (Å²) in [6, 6.07) is 8.89. The second-order valence-electron chi connectivity index (χ2n) is 7.24. The van der Waals surface area contributed by atoms with Gasteiger partial charge in [0, 0.05) is 44.8 Å². The Bertz CT molecular complexity index is 707. The Morgan fingerprint density at radius 3 is 2.31 bits per heavy atom. The molecule has 3 rings (SSSR count). The fourth-order valence-corrected chi connectivity index (χ4v) is 3.63. The number of amides is 1. The van der Waals surface area contributed by atoms with Gasteiger partial charge < -0.3 is 4.90 Å². The van der Waals surface area contributed by atoms with Crippen LogP contribution in [0.15, 0.2) is 24.3 Å². The maximum Gasteiger partial charge on any atom is 0.222 e. The van der Waals surface area contributed by atoms with E-state index in [0.717, 1.165) is 57.0 Å². The lowest BCUT2D eigenvalue weighted by molar-refractivity contribution is -0.133. The first-order valence-corrected chi connectivity index (χ1v) is 9.65. The lowest BCUT2D eigenvalue weighted by atomic mass is 10.1. The van der Waals surface area contributed by atoms with Crippen molar-refractivity contribution in [2.45, 2.75) is 46.6 Å². The molecule has 2 aromatic rings. The van der Waals surface area contributed by atoms with Crippen LogP contribution in [0.3, 0.4) is 0 Å². The minimum Gasteiger partial charge on any atom is -0.340 e. The number of aromatic amines is 1. The van der Waals surface area contributed by atoms with E-state index in [1.807, 2.05) is 18.7 Å². The molecular formula is C21H30N4O. The number of aryl methyl sites for hydroxylation is 3. The smallest absolute Gasteiger partial charge is 0.222 e. The molecule has 140 valence electrons. The van der Waals surface area contributed by atoms with Gasteiger partial charge in [0.15, 0.2) is 0 Å². The van der Waals surface area contributed by atoms with Crippen molar-refractivity contribution in [2.24, 2.45) is 0 Å². The van der Waals surface area contributed by atoms with E-state index in [1.165, 1.54) is 16.7 Å². The molecule has 0 unspecified atom stereocenters. The second-order valence-corrected chi connectivity index (χ2v) is 7.24. The molecule has 26 heavy (non-hydrogen) atoms. The Labute approximate surface area is 156 Å². The third kappa shape index (κ3) is 4.52. The van der Waals surface area contributed by atoms with Crippen molar-refractivity contribution >= 4 is 5.91 Å². The van der Waals surface area contributed by atoms with Crippen LogP contribution in [-0.4, -0.2) is 52.1 Å². The molecule has 0 aliphatic carbocycles. The normalized spacial score (nSPS) is 15.4. The van der Waals surface area contributed by atoms with Crippen molar-refractivity contribution in [1.29, 1.82) is 0 Å². The first kappa shape index (κ1) is 18.6. The zero-order chi connectivity index (χ0) is 18.5. The summed E-state index contributed by atoms with van der Waals surface area (Å²) in [6.45, 7) is 10.7. The summed E-state index contributed by atoms with van der Waals surface area (Å²) in [7, 11) is 0. The standard InChI is InChI=1S/C21H30N4O/c1-4-18-5-7-19(8-6-18)15-24-11-13-25(14-12-24)21(26)10-9-20-16(2)22-23-17(20)3/h5-8H,4,9-15H2,1-3H3,(H,22,23). The van der Waals surface area contributed by atoms with Crippen LogP contribution in [0.4, 0.5) is 0 Å². The van der Waals surface area contributed by atoms with E-state index in [4.69, 9.17) is 0 Å². The predicted octanol–water partition coefficient (Wildman–Crippen LogP) is 2.87. The summed E-state index contributed by atoms with van der Waals surface area (Å²) in [6.07, 6.45) is 2.43. The van der Waals surface area contributed by atoms with Gasteiger partial charge in [0.25, 0.3) is 0 Å². The number of hydrogen-bond donors (Lipinski definition) is 1. The molecule has 0 spiro atoms. The Balaban J connectivity index is 1.44. The lowest BCUT2D eigenvalue weighted by Crippen LogP contribution is -2.48. The van der Waals surface area contributed by atoms with Crippen molar-refractivity contribution in [1.82, 2.24) is 20.0 Å². The third-order valence-electron chi connectivity index (χ3n) is 5.43. The minimum atomic E-state index is 0.261. The molecule has 1 aliphatic rings. The summed E-state index contributed by atoms with van der Waals surface area (Å²) in [5, 5.41) is 7.21. The SMILES string of the molecule is CCc1ccc(CN2CCN(C(=O)CCc3c(C)n[nH]c3C)CC2)cc1. The van der Waals surface area contributed by atoms with Gasteiger partial charge in [0.1, 0.15) is 0 Å². The number of H-pyrrole nitrogens is 1. The molecular weight excluding hydrogens is 324 g/mol. The monoisotopic (exact) mass is 354 g/mol. The molecule has 1 saturated heterocycles. The highest BCUT2D eigenvalue weighted by Gasteiger charge is 2.21. The Morgan fingerprint density at radius 2 is 1.73 bits per heavy atom. The molecule has 1 aliphatic heterocycles. The molecule has 0 bridgehead atoms. The predicted molar refractivity (Wildman–Crippen MR) is 104 cm³/mol. The van der Waals surface area contributed by atoms with Gasteiger partial charge in [0.05, 0.1) is 5.69 Å². The van der Waals surface area contributed by atoms with E-state index in [-0.39, 0.29) is 5.91 Å². The fourth-order valence-electron chi connectivity index (χ4n) is 3.63. The number of aromatic nitrogens is 2. The number of nitrogens with one attached hydrogen (secondary N) is 1. The largest absolute Gasteiger partial charge is 0.340 e. The maximum atomic E-state index is 12.5. The van der Waals surface area contributed by atoms with Crippen LogP contribution in [0.2, 0.25) is 0 Å². The van der Waals surface area contributed by atoms with Gasteiger partial charge in [-0.05, 0) is 43.4 Å². The number of carbonyl (C=O) groups is 1. The number of benzene rings is 1. The summed E-state index contributed by atoms with van der Waals surface area (Å²) in [5.74, 6) is 0.261. The van der Waals surface area contributed by atoms with Crippen molar-refractivity contribution in [3.8, 4) is 0 Å². The van der Waals surface area contributed by atoms with E-state index in [0.29, 0.717) is 6.42 Å². The molecule has 1 amide bonds. The molecule has 1 fully saturated rings. The van der Waals surface area contributed by atoms with Crippen molar-refractivity contribution in [3.05, 3.63) is 52.3 Å². The Hall–Kier alpha value is -2.14. The highest BCUT2D eigenvalue weighted by Crippen LogP contribution is 2.14. The van der Waals surface area contributed by atoms with Crippen LogP contribution in [0.1, 0.15) is 41.4 Å². The van der Waals surface area contributed by atoms with E-state index < -0.39 is 0 Å². The van der Waals surface area contributed by atoms with Crippen LogP contribution >= 0.6 is 0 Å². The summed E-state index contributed by atoms with van der Waals surface area (Å²) in [4.78, 5) is 17.0. The quantitative estimate of drug-likeness (QED) is 0.868. The van der Waals surface area contributed by atoms with Crippen LogP contribution in [-0.2, 0) is 24.2 Å². The van der Waals surface area contributed by atoms with Crippen molar-refractivity contribution in [3.63, 3.8) is 0 Å². The molecule has 1 N–H and O–H groups in total. The van der Waals surface area contributed by atoms with Gasteiger partial charge in [-0.15, -0.1) is 0 Å². The van der Waals surface area contributed by atoms with E-state index in [2.05, 4.69) is 46.3 Å². The fraction of sp³-hybridized carbons (Fsp3) is 0.524. The van der Waals surface area contributed by atoms with E-state index in [9.17, 15) is 4.79 Å². The van der Waals surface area contributed by atoms with Gasteiger partial charge in [0.2, 0.25) is 5.91 Å². The number of nitrogens with zero attached hydrogens (tertiary/aromatic N) is 3. The highest BCUT2D eigenvalue weighted by molar-refractivity contribution is 5.76.